The lowest BCUT2D eigenvalue weighted by atomic mass is 9.79. The Morgan fingerprint density at radius 3 is 2.86 bits per heavy atom. The molecule has 1 aromatic rings. The zero-order valence-electron chi connectivity index (χ0n) is 12.4. The third-order valence-corrected chi connectivity index (χ3v) is 4.41. The summed E-state index contributed by atoms with van der Waals surface area (Å²) in [6.45, 7) is 3.43. The minimum atomic E-state index is -0.621. The van der Waals surface area contributed by atoms with Gasteiger partial charge < -0.3 is 25.0 Å². The van der Waals surface area contributed by atoms with Crippen molar-refractivity contribution in [2.24, 2.45) is 5.92 Å². The summed E-state index contributed by atoms with van der Waals surface area (Å²) in [5.41, 5.74) is 0.135. The van der Waals surface area contributed by atoms with Crippen LogP contribution in [0.1, 0.15) is 38.2 Å². The van der Waals surface area contributed by atoms with Crippen LogP contribution in [0.5, 0.6) is 17.2 Å². The molecule has 1 fully saturated rings. The molecule has 1 saturated carbocycles. The van der Waals surface area contributed by atoms with Crippen LogP contribution in [0.25, 0.3) is 0 Å². The summed E-state index contributed by atoms with van der Waals surface area (Å²) >= 11 is 0. The Kier molecular flexibility index (Phi) is 3.95. The van der Waals surface area contributed by atoms with E-state index >= 15 is 0 Å². The first-order chi connectivity index (χ1) is 10.1. The minimum absolute atomic E-state index is 0.191. The molecule has 1 aliphatic carbocycles. The highest BCUT2D eigenvalue weighted by Gasteiger charge is 2.32. The molecule has 3 rings (SSSR count). The van der Waals surface area contributed by atoms with Crippen LogP contribution in [0.4, 0.5) is 0 Å². The van der Waals surface area contributed by atoms with E-state index in [0.29, 0.717) is 30.5 Å². The van der Waals surface area contributed by atoms with E-state index in [1.807, 2.05) is 0 Å². The number of aliphatic hydroxyl groups is 1. The number of aromatic hydroxyl groups is 1. The van der Waals surface area contributed by atoms with Crippen LogP contribution >= 0.6 is 0 Å². The summed E-state index contributed by atoms with van der Waals surface area (Å²) in [6.07, 6.45) is 3.96. The maximum absolute atomic E-state index is 10.6. The zero-order chi connectivity index (χ0) is 14.9. The van der Waals surface area contributed by atoms with Gasteiger partial charge in [-0.2, -0.15) is 0 Å². The molecule has 0 spiro atoms. The van der Waals surface area contributed by atoms with Gasteiger partial charge in [0.05, 0.1) is 5.60 Å². The average molecular weight is 293 g/mol. The maximum atomic E-state index is 10.6. The summed E-state index contributed by atoms with van der Waals surface area (Å²) in [7, 11) is 0. The lowest BCUT2D eigenvalue weighted by Gasteiger charge is -2.35. The normalized spacial score (nSPS) is 27.8. The van der Waals surface area contributed by atoms with Crippen LogP contribution in [-0.4, -0.2) is 29.2 Å². The maximum Gasteiger partial charge on any atom is 0.231 e. The smallest absolute Gasteiger partial charge is 0.231 e. The second kappa shape index (κ2) is 5.73. The Balaban J connectivity index is 1.58. The summed E-state index contributed by atoms with van der Waals surface area (Å²) in [6, 6.07) is 3.37. The summed E-state index contributed by atoms with van der Waals surface area (Å²) in [5, 5.41) is 23.8. The van der Waals surface area contributed by atoms with Crippen molar-refractivity contribution in [3.63, 3.8) is 0 Å². The number of hydrogen-bond acceptors (Lipinski definition) is 5. The fraction of sp³-hybridized carbons (Fsp3) is 0.625. The van der Waals surface area contributed by atoms with Gasteiger partial charge in [0.15, 0.2) is 11.5 Å². The molecule has 5 nitrogen and oxygen atoms in total. The molecule has 0 amide bonds. The second-order valence-corrected chi connectivity index (χ2v) is 6.36. The molecular weight excluding hydrogens is 270 g/mol. The number of ether oxygens (including phenoxy) is 2. The Hall–Kier alpha value is -1.46. The van der Waals surface area contributed by atoms with E-state index in [4.69, 9.17) is 9.47 Å². The van der Waals surface area contributed by atoms with Gasteiger partial charge in [0.1, 0.15) is 5.75 Å². The first-order valence-electron chi connectivity index (χ1n) is 7.60. The summed E-state index contributed by atoms with van der Waals surface area (Å²) in [4.78, 5) is 0. The van der Waals surface area contributed by atoms with Crippen molar-refractivity contribution in [3.05, 3.63) is 17.7 Å². The van der Waals surface area contributed by atoms with Gasteiger partial charge in [-0.25, -0.2) is 0 Å². The molecule has 2 atom stereocenters. The van der Waals surface area contributed by atoms with E-state index in [1.165, 1.54) is 6.42 Å². The van der Waals surface area contributed by atoms with E-state index < -0.39 is 5.60 Å². The quantitative estimate of drug-likeness (QED) is 0.793. The first kappa shape index (κ1) is 14.5. The molecule has 0 radical (unpaired) electrons. The van der Waals surface area contributed by atoms with Crippen LogP contribution in [0.2, 0.25) is 0 Å². The molecule has 1 aromatic carbocycles. The average Bonchev–Trinajstić information content (AvgIpc) is 2.85. The topological polar surface area (TPSA) is 71.0 Å². The number of rotatable bonds is 4. The van der Waals surface area contributed by atoms with Crippen LogP contribution in [0.3, 0.4) is 0 Å². The van der Waals surface area contributed by atoms with Crippen molar-refractivity contribution in [3.8, 4) is 17.2 Å². The SMILES string of the molecule is CC1CCCC(O)(CNCc2cc3c(cc2O)OCO3)C1. The fourth-order valence-electron chi connectivity index (χ4n) is 3.34. The Bertz CT molecular complexity index is 519. The van der Waals surface area contributed by atoms with Crippen LogP contribution in [-0.2, 0) is 6.54 Å². The fourth-order valence-corrected chi connectivity index (χ4v) is 3.34. The summed E-state index contributed by atoms with van der Waals surface area (Å²) < 4.78 is 10.5. The molecule has 116 valence electrons. The zero-order valence-corrected chi connectivity index (χ0v) is 12.4. The molecule has 5 heteroatoms. The molecule has 21 heavy (non-hydrogen) atoms. The molecule has 1 aliphatic heterocycles. The van der Waals surface area contributed by atoms with E-state index in [2.05, 4.69) is 12.2 Å². The highest BCUT2D eigenvalue weighted by molar-refractivity contribution is 5.51. The van der Waals surface area contributed by atoms with Crippen molar-refractivity contribution in [2.45, 2.75) is 44.8 Å². The highest BCUT2D eigenvalue weighted by Crippen LogP contribution is 2.37. The standard InChI is InChI=1S/C16H23NO4/c1-11-3-2-4-16(19,7-11)9-17-8-12-5-14-15(6-13(12)18)21-10-20-14/h5-6,11,17-19H,2-4,7-10H2,1H3. The van der Waals surface area contributed by atoms with Crippen LogP contribution in [0.15, 0.2) is 12.1 Å². The van der Waals surface area contributed by atoms with Gasteiger partial charge in [0.25, 0.3) is 0 Å². The Morgan fingerprint density at radius 2 is 2.10 bits per heavy atom. The Labute approximate surface area is 124 Å². The summed E-state index contributed by atoms with van der Waals surface area (Å²) in [5.74, 6) is 2.01. The number of nitrogens with one attached hydrogen (secondary N) is 1. The monoisotopic (exact) mass is 293 g/mol. The van der Waals surface area contributed by atoms with E-state index in [1.54, 1.807) is 12.1 Å². The van der Waals surface area contributed by atoms with Crippen molar-refractivity contribution >= 4 is 0 Å². The largest absolute Gasteiger partial charge is 0.507 e. The molecule has 2 unspecified atom stereocenters. The Morgan fingerprint density at radius 1 is 1.33 bits per heavy atom. The molecule has 0 saturated heterocycles. The van der Waals surface area contributed by atoms with Crippen molar-refractivity contribution in [1.29, 1.82) is 0 Å². The number of hydrogen-bond donors (Lipinski definition) is 3. The molecule has 0 aromatic heterocycles. The predicted octanol–water partition coefficient (Wildman–Crippen LogP) is 2.15. The first-order valence-corrected chi connectivity index (χ1v) is 7.60. The molecular formula is C16H23NO4. The van der Waals surface area contributed by atoms with Crippen LogP contribution in [0, 0.1) is 5.92 Å². The van der Waals surface area contributed by atoms with Gasteiger partial charge in [-0.15, -0.1) is 0 Å². The highest BCUT2D eigenvalue weighted by atomic mass is 16.7. The van der Waals surface area contributed by atoms with E-state index in [-0.39, 0.29) is 12.5 Å². The molecule has 0 bridgehead atoms. The lowest BCUT2D eigenvalue weighted by Crippen LogP contribution is -2.43. The van der Waals surface area contributed by atoms with Crippen molar-refractivity contribution in [1.82, 2.24) is 5.32 Å². The second-order valence-electron chi connectivity index (χ2n) is 6.36. The van der Waals surface area contributed by atoms with Crippen LogP contribution < -0.4 is 14.8 Å². The van der Waals surface area contributed by atoms with Gasteiger partial charge in [0, 0.05) is 24.7 Å². The molecule has 3 N–H and O–H groups in total. The van der Waals surface area contributed by atoms with E-state index in [9.17, 15) is 10.2 Å². The number of fused-ring (bicyclic) bond motifs is 1. The van der Waals surface area contributed by atoms with Crippen molar-refractivity contribution < 1.29 is 19.7 Å². The predicted molar refractivity (Wildman–Crippen MR) is 78.5 cm³/mol. The third-order valence-electron chi connectivity index (χ3n) is 4.41. The minimum Gasteiger partial charge on any atom is -0.507 e. The number of phenolic OH excluding ortho intramolecular Hbond substituents is 1. The number of benzene rings is 1. The van der Waals surface area contributed by atoms with Gasteiger partial charge in [0.2, 0.25) is 6.79 Å². The van der Waals surface area contributed by atoms with Gasteiger partial charge in [-0.05, 0) is 24.8 Å². The van der Waals surface area contributed by atoms with Gasteiger partial charge >= 0.3 is 0 Å². The van der Waals surface area contributed by atoms with Gasteiger partial charge in [-0.1, -0.05) is 19.8 Å². The third kappa shape index (κ3) is 3.24. The van der Waals surface area contributed by atoms with E-state index in [0.717, 1.165) is 24.8 Å². The number of phenols is 1. The van der Waals surface area contributed by atoms with Crippen molar-refractivity contribution in [2.75, 3.05) is 13.3 Å². The molecule has 2 aliphatic rings. The lowest BCUT2D eigenvalue weighted by molar-refractivity contribution is -0.0119. The van der Waals surface area contributed by atoms with Gasteiger partial charge in [-0.3, -0.25) is 0 Å². The molecule has 1 heterocycles.